The second kappa shape index (κ2) is 7.32. The lowest BCUT2D eigenvalue weighted by molar-refractivity contribution is -0.384. The Kier molecular flexibility index (Phi) is 4.62. The molecule has 2 aliphatic heterocycles. The van der Waals surface area contributed by atoms with Gasteiger partial charge in [0.25, 0.3) is 17.5 Å². The van der Waals surface area contributed by atoms with E-state index in [4.69, 9.17) is 4.74 Å². The Bertz CT molecular complexity index is 936. The van der Waals surface area contributed by atoms with Gasteiger partial charge in [0.05, 0.1) is 36.2 Å². The molecule has 0 aromatic heterocycles. The minimum absolute atomic E-state index is 0.0663. The minimum atomic E-state index is -0.468. The first-order valence-electron chi connectivity index (χ1n) is 10.3. The van der Waals surface area contributed by atoms with Crippen LogP contribution in [0.1, 0.15) is 18.4 Å². The van der Waals surface area contributed by atoms with Crippen LogP contribution in [0.2, 0.25) is 0 Å². The minimum Gasteiger partial charge on any atom is -0.378 e. The summed E-state index contributed by atoms with van der Waals surface area (Å²) in [4.78, 5) is 38.7. The number of non-ortho nitro benzene ring substituents is 1. The molecular weight excluding hydrogens is 388 g/mol. The standard InChI is InChI=1S/C21H22N4O5/c26-20-18-13-1-2-14(4-3-13)19(18)21(27)24(20)22-12-15-11-16(25(28)29)5-6-17(15)23-7-9-30-10-8-23/h1-2,5-6,11-14,18-19H,3-4,7-10H2/b22-12-/t13-,14-,18-,19+/m0/s1. The molecule has 2 saturated heterocycles. The first-order chi connectivity index (χ1) is 14.5. The fourth-order valence-electron chi connectivity index (χ4n) is 5.14. The third kappa shape index (κ3) is 3.00. The molecule has 2 bridgehead atoms. The van der Waals surface area contributed by atoms with Gasteiger partial charge in [0, 0.05) is 36.5 Å². The third-order valence-electron chi connectivity index (χ3n) is 6.62. The number of hydrogen-bond acceptors (Lipinski definition) is 7. The van der Waals surface area contributed by atoms with Crippen molar-refractivity contribution in [2.75, 3.05) is 31.2 Å². The van der Waals surface area contributed by atoms with Gasteiger partial charge >= 0.3 is 0 Å². The van der Waals surface area contributed by atoms with Gasteiger partial charge in [-0.05, 0) is 30.7 Å². The molecule has 6 rings (SSSR count). The van der Waals surface area contributed by atoms with Crippen LogP contribution in [0, 0.1) is 33.8 Å². The molecule has 1 aromatic rings. The Hall–Kier alpha value is -3.07. The van der Waals surface area contributed by atoms with Crippen LogP contribution < -0.4 is 4.90 Å². The van der Waals surface area contributed by atoms with E-state index in [0.29, 0.717) is 31.9 Å². The molecule has 156 valence electrons. The average Bonchev–Trinajstić information content (AvgIpc) is 3.05. The van der Waals surface area contributed by atoms with Crippen molar-refractivity contribution in [2.45, 2.75) is 12.8 Å². The molecule has 1 saturated carbocycles. The van der Waals surface area contributed by atoms with Gasteiger partial charge in [0.2, 0.25) is 0 Å². The number of carbonyl (C=O) groups is 2. The summed E-state index contributed by atoms with van der Waals surface area (Å²) in [6.07, 6.45) is 7.37. The van der Waals surface area contributed by atoms with Crippen molar-refractivity contribution in [3.8, 4) is 0 Å². The monoisotopic (exact) mass is 410 g/mol. The van der Waals surface area contributed by atoms with Gasteiger partial charge < -0.3 is 9.64 Å². The van der Waals surface area contributed by atoms with Crippen molar-refractivity contribution >= 4 is 29.4 Å². The molecule has 0 spiro atoms. The lowest BCUT2D eigenvalue weighted by atomic mass is 9.63. The fourth-order valence-corrected chi connectivity index (χ4v) is 5.14. The molecule has 2 heterocycles. The van der Waals surface area contributed by atoms with Crippen LogP contribution in [0.15, 0.2) is 35.5 Å². The molecule has 0 radical (unpaired) electrons. The number of fused-ring (bicyclic) bond motifs is 1. The smallest absolute Gasteiger partial charge is 0.270 e. The van der Waals surface area contributed by atoms with Crippen LogP contribution in [0.5, 0.6) is 0 Å². The number of nitrogens with zero attached hydrogens (tertiary/aromatic N) is 4. The molecule has 4 atom stereocenters. The van der Waals surface area contributed by atoms with Crippen LogP contribution in [0.4, 0.5) is 11.4 Å². The average molecular weight is 410 g/mol. The lowest BCUT2D eigenvalue weighted by Crippen LogP contribution is -2.38. The van der Waals surface area contributed by atoms with E-state index in [1.807, 2.05) is 0 Å². The zero-order valence-electron chi connectivity index (χ0n) is 16.3. The molecule has 5 aliphatic rings. The number of benzene rings is 1. The SMILES string of the molecule is O=C1[C@@H]2[C@H](C(=O)N1/N=C\c1cc([N+](=O)[O-])ccc1N1CCOCC1)[C@H]1C=C[C@H]2CC1. The molecular formula is C21H22N4O5. The number of carbonyl (C=O) groups excluding carboxylic acids is 2. The van der Waals surface area contributed by atoms with E-state index in [1.165, 1.54) is 18.3 Å². The van der Waals surface area contributed by atoms with E-state index in [2.05, 4.69) is 22.2 Å². The summed E-state index contributed by atoms with van der Waals surface area (Å²) in [7, 11) is 0. The summed E-state index contributed by atoms with van der Waals surface area (Å²) in [5, 5.41) is 16.5. The Morgan fingerprint density at radius 3 is 2.27 bits per heavy atom. The maximum Gasteiger partial charge on any atom is 0.270 e. The summed E-state index contributed by atoms with van der Waals surface area (Å²) in [5.74, 6) is -1.00. The topological polar surface area (TPSA) is 105 Å². The zero-order chi connectivity index (χ0) is 20.8. The van der Waals surface area contributed by atoms with Crippen LogP contribution in [-0.2, 0) is 14.3 Å². The van der Waals surface area contributed by atoms with E-state index in [-0.39, 0.29) is 41.2 Å². The number of nitro groups is 1. The molecule has 2 amide bonds. The quantitative estimate of drug-likeness (QED) is 0.247. The van der Waals surface area contributed by atoms with E-state index >= 15 is 0 Å². The van der Waals surface area contributed by atoms with Gasteiger partial charge in [-0.1, -0.05) is 12.2 Å². The molecule has 3 fully saturated rings. The summed E-state index contributed by atoms with van der Waals surface area (Å²) in [5.41, 5.74) is 1.21. The number of hydrazone groups is 1. The molecule has 9 nitrogen and oxygen atoms in total. The molecule has 9 heteroatoms. The van der Waals surface area contributed by atoms with Crippen LogP contribution in [0.3, 0.4) is 0 Å². The lowest BCUT2D eigenvalue weighted by Gasteiger charge is -2.37. The van der Waals surface area contributed by atoms with Gasteiger partial charge in [0.1, 0.15) is 0 Å². The highest BCUT2D eigenvalue weighted by atomic mass is 16.6. The summed E-state index contributed by atoms with van der Waals surface area (Å²) in [6.45, 7) is 2.43. The van der Waals surface area contributed by atoms with E-state index in [9.17, 15) is 19.7 Å². The van der Waals surface area contributed by atoms with Crippen molar-refractivity contribution < 1.29 is 19.2 Å². The molecule has 1 aromatic carbocycles. The molecule has 0 N–H and O–H groups in total. The zero-order valence-corrected chi connectivity index (χ0v) is 16.3. The number of rotatable bonds is 4. The van der Waals surface area contributed by atoms with Crippen molar-refractivity contribution in [1.29, 1.82) is 0 Å². The van der Waals surface area contributed by atoms with E-state index in [1.54, 1.807) is 6.07 Å². The van der Waals surface area contributed by atoms with Gasteiger partial charge in [-0.3, -0.25) is 19.7 Å². The van der Waals surface area contributed by atoms with Crippen molar-refractivity contribution in [3.63, 3.8) is 0 Å². The number of ether oxygens (including phenoxy) is 1. The highest BCUT2D eigenvalue weighted by Crippen LogP contribution is 2.49. The maximum atomic E-state index is 12.9. The van der Waals surface area contributed by atoms with Crippen LogP contribution >= 0.6 is 0 Å². The molecule has 0 unspecified atom stereocenters. The number of morpholine rings is 1. The van der Waals surface area contributed by atoms with E-state index < -0.39 is 4.92 Å². The van der Waals surface area contributed by atoms with Crippen molar-refractivity contribution in [3.05, 3.63) is 46.0 Å². The summed E-state index contributed by atoms with van der Waals surface area (Å²) in [6, 6.07) is 4.56. The fraction of sp³-hybridized carbons (Fsp3) is 0.476. The third-order valence-corrected chi connectivity index (χ3v) is 6.62. The molecule has 30 heavy (non-hydrogen) atoms. The van der Waals surface area contributed by atoms with E-state index in [0.717, 1.165) is 23.5 Å². The number of imide groups is 1. The largest absolute Gasteiger partial charge is 0.378 e. The number of amides is 2. The first-order valence-corrected chi connectivity index (χ1v) is 10.3. The Morgan fingerprint density at radius 1 is 1.07 bits per heavy atom. The van der Waals surface area contributed by atoms with Gasteiger partial charge in [0.15, 0.2) is 0 Å². The number of anilines is 1. The van der Waals surface area contributed by atoms with Crippen LogP contribution in [0.25, 0.3) is 0 Å². The number of allylic oxidation sites excluding steroid dienone is 2. The number of hydrogen-bond donors (Lipinski definition) is 0. The summed E-state index contributed by atoms with van der Waals surface area (Å²) >= 11 is 0. The second-order valence-electron chi connectivity index (χ2n) is 8.17. The Balaban J connectivity index is 1.46. The predicted molar refractivity (Wildman–Crippen MR) is 108 cm³/mol. The highest BCUT2D eigenvalue weighted by molar-refractivity contribution is 6.06. The van der Waals surface area contributed by atoms with Gasteiger partial charge in [-0.25, -0.2) is 0 Å². The second-order valence-corrected chi connectivity index (χ2v) is 8.17. The highest BCUT2D eigenvalue weighted by Gasteiger charge is 2.56. The van der Waals surface area contributed by atoms with Crippen molar-refractivity contribution in [1.82, 2.24) is 5.01 Å². The maximum absolute atomic E-state index is 12.9. The van der Waals surface area contributed by atoms with Gasteiger partial charge in [-0.2, -0.15) is 10.1 Å². The number of nitro benzene ring substituents is 1. The van der Waals surface area contributed by atoms with Crippen LogP contribution in [-0.4, -0.2) is 54.3 Å². The van der Waals surface area contributed by atoms with Crippen molar-refractivity contribution in [2.24, 2.45) is 28.8 Å². The Morgan fingerprint density at radius 2 is 1.70 bits per heavy atom. The summed E-state index contributed by atoms with van der Waals surface area (Å²) < 4.78 is 5.39. The first kappa shape index (κ1) is 18.9. The van der Waals surface area contributed by atoms with Gasteiger partial charge in [-0.15, -0.1) is 0 Å². The normalized spacial score (nSPS) is 30.4. The Labute approximate surface area is 173 Å². The molecule has 3 aliphatic carbocycles. The predicted octanol–water partition coefficient (Wildman–Crippen LogP) is 1.96.